The molecule has 7 heteroatoms. The van der Waals surface area contributed by atoms with Crippen molar-refractivity contribution in [3.63, 3.8) is 0 Å². The number of allylic oxidation sites excluding steroid dienone is 2. The number of carbonyl (C=O) groups is 1. The molecule has 0 aliphatic heterocycles. The van der Waals surface area contributed by atoms with Gasteiger partial charge in [0.15, 0.2) is 0 Å². The first-order valence-corrected chi connectivity index (χ1v) is 9.93. The summed E-state index contributed by atoms with van der Waals surface area (Å²) in [7, 11) is 1.55. The van der Waals surface area contributed by atoms with Crippen molar-refractivity contribution in [1.29, 1.82) is 0 Å². The number of aromatic nitrogens is 3. The molecule has 0 bridgehead atoms. The Morgan fingerprint density at radius 3 is 2.61 bits per heavy atom. The van der Waals surface area contributed by atoms with E-state index in [9.17, 15) is 4.79 Å². The third-order valence-electron chi connectivity index (χ3n) is 4.02. The SMILES string of the molecule is C=C/C=C(\C=C)CNc1ncc2cc(Oc3ccnc(C(=O)NC)c3)ccc2n1.CC. The largest absolute Gasteiger partial charge is 0.457 e. The predicted octanol–water partition coefficient (Wildman–Crippen LogP) is 4.91. The van der Waals surface area contributed by atoms with E-state index in [1.165, 1.54) is 6.20 Å². The van der Waals surface area contributed by atoms with Crippen LogP contribution in [0.25, 0.3) is 10.9 Å². The summed E-state index contributed by atoms with van der Waals surface area (Å²) in [6.07, 6.45) is 8.60. The topological polar surface area (TPSA) is 89.0 Å². The number of nitrogens with zero attached hydrogens (tertiary/aromatic N) is 3. The van der Waals surface area contributed by atoms with Gasteiger partial charge in [-0.25, -0.2) is 9.97 Å². The Hall–Kier alpha value is -4.00. The van der Waals surface area contributed by atoms with Gasteiger partial charge in [-0.3, -0.25) is 9.78 Å². The number of rotatable bonds is 8. The predicted molar refractivity (Wildman–Crippen MR) is 126 cm³/mol. The highest BCUT2D eigenvalue weighted by atomic mass is 16.5. The number of hydrogen-bond acceptors (Lipinski definition) is 6. The molecule has 1 amide bonds. The first kappa shape index (κ1) is 23.3. The number of pyridine rings is 1. The molecule has 0 spiro atoms. The van der Waals surface area contributed by atoms with Crippen molar-refractivity contribution in [3.05, 3.63) is 85.4 Å². The molecule has 3 rings (SSSR count). The van der Waals surface area contributed by atoms with Crippen LogP contribution < -0.4 is 15.4 Å². The van der Waals surface area contributed by atoms with Crippen molar-refractivity contribution in [2.24, 2.45) is 0 Å². The molecule has 0 aliphatic rings. The summed E-state index contributed by atoms with van der Waals surface area (Å²) in [5.74, 6) is 1.37. The molecule has 0 aliphatic carbocycles. The lowest BCUT2D eigenvalue weighted by molar-refractivity contribution is 0.0958. The van der Waals surface area contributed by atoms with Gasteiger partial charge >= 0.3 is 0 Å². The van der Waals surface area contributed by atoms with Crippen molar-refractivity contribution >= 4 is 22.8 Å². The molecule has 31 heavy (non-hydrogen) atoms. The lowest BCUT2D eigenvalue weighted by atomic mass is 10.2. The van der Waals surface area contributed by atoms with Crippen LogP contribution in [0.1, 0.15) is 24.3 Å². The van der Waals surface area contributed by atoms with Gasteiger partial charge in [-0.05, 0) is 29.8 Å². The average molecular weight is 418 g/mol. The number of anilines is 1. The number of hydrogen-bond donors (Lipinski definition) is 2. The Labute approximate surface area is 182 Å². The van der Waals surface area contributed by atoms with Crippen LogP contribution in [0.2, 0.25) is 0 Å². The maximum atomic E-state index is 11.7. The minimum atomic E-state index is -0.273. The second-order valence-corrected chi connectivity index (χ2v) is 6.01. The Kier molecular flexibility index (Phi) is 8.91. The summed E-state index contributed by atoms with van der Waals surface area (Å²) in [5, 5.41) is 6.53. The highest BCUT2D eigenvalue weighted by Crippen LogP contribution is 2.25. The van der Waals surface area contributed by atoms with Gasteiger partial charge in [0.2, 0.25) is 5.95 Å². The molecule has 160 valence electrons. The van der Waals surface area contributed by atoms with E-state index in [1.54, 1.807) is 37.5 Å². The number of amides is 1. The highest BCUT2D eigenvalue weighted by molar-refractivity contribution is 5.92. The maximum absolute atomic E-state index is 11.7. The summed E-state index contributed by atoms with van der Waals surface area (Å²) < 4.78 is 5.85. The highest BCUT2D eigenvalue weighted by Gasteiger charge is 2.08. The van der Waals surface area contributed by atoms with Crippen LogP contribution in [0.4, 0.5) is 5.95 Å². The summed E-state index contributed by atoms with van der Waals surface area (Å²) in [5.41, 5.74) is 2.05. The van der Waals surface area contributed by atoms with Crippen LogP contribution in [0.15, 0.2) is 79.7 Å². The number of benzene rings is 1. The zero-order valence-corrected chi connectivity index (χ0v) is 18.1. The molecule has 0 atom stereocenters. The molecule has 0 unspecified atom stereocenters. The second kappa shape index (κ2) is 11.9. The molecule has 0 fully saturated rings. The van der Waals surface area contributed by atoms with E-state index in [2.05, 4.69) is 38.7 Å². The molecule has 1 aromatic carbocycles. The van der Waals surface area contributed by atoms with Gasteiger partial charge in [-0.1, -0.05) is 45.2 Å². The van der Waals surface area contributed by atoms with Crippen LogP contribution in [0, 0.1) is 0 Å². The van der Waals surface area contributed by atoms with E-state index in [4.69, 9.17) is 4.74 Å². The van der Waals surface area contributed by atoms with Crippen molar-refractivity contribution < 1.29 is 9.53 Å². The van der Waals surface area contributed by atoms with Gasteiger partial charge in [-0.2, -0.15) is 0 Å². The molecule has 0 radical (unpaired) electrons. The van der Waals surface area contributed by atoms with Crippen LogP contribution in [-0.2, 0) is 0 Å². The Balaban J connectivity index is 0.00000166. The van der Waals surface area contributed by atoms with Gasteiger partial charge < -0.3 is 15.4 Å². The first-order chi connectivity index (χ1) is 15.1. The first-order valence-electron chi connectivity index (χ1n) is 9.93. The van der Waals surface area contributed by atoms with E-state index in [-0.39, 0.29) is 11.6 Å². The van der Waals surface area contributed by atoms with Gasteiger partial charge in [0.1, 0.15) is 17.2 Å². The van der Waals surface area contributed by atoms with E-state index in [0.717, 1.165) is 16.5 Å². The summed E-state index contributed by atoms with van der Waals surface area (Å²) in [4.78, 5) is 24.6. The summed E-state index contributed by atoms with van der Waals surface area (Å²) >= 11 is 0. The van der Waals surface area contributed by atoms with Crippen LogP contribution in [0.5, 0.6) is 11.5 Å². The van der Waals surface area contributed by atoms with E-state index in [1.807, 2.05) is 38.1 Å². The molecule has 0 saturated carbocycles. The fraction of sp³-hybridized carbons (Fsp3) is 0.167. The zero-order chi connectivity index (χ0) is 22.6. The van der Waals surface area contributed by atoms with Gasteiger partial charge in [0.05, 0.1) is 5.52 Å². The fourth-order valence-corrected chi connectivity index (χ4v) is 2.55. The average Bonchev–Trinajstić information content (AvgIpc) is 2.82. The van der Waals surface area contributed by atoms with Crippen molar-refractivity contribution in [2.75, 3.05) is 18.9 Å². The van der Waals surface area contributed by atoms with Gasteiger partial charge in [0.25, 0.3) is 5.91 Å². The number of ether oxygens (including phenoxy) is 1. The monoisotopic (exact) mass is 417 g/mol. The van der Waals surface area contributed by atoms with E-state index in [0.29, 0.717) is 24.0 Å². The normalized spacial score (nSPS) is 10.5. The molecule has 2 aromatic heterocycles. The van der Waals surface area contributed by atoms with Crippen LogP contribution >= 0.6 is 0 Å². The Bertz CT molecular complexity index is 1090. The second-order valence-electron chi connectivity index (χ2n) is 6.01. The van der Waals surface area contributed by atoms with Crippen LogP contribution in [-0.4, -0.2) is 34.5 Å². The number of fused-ring (bicyclic) bond motifs is 1. The van der Waals surface area contributed by atoms with Crippen molar-refractivity contribution in [1.82, 2.24) is 20.3 Å². The molecule has 3 aromatic rings. The summed E-state index contributed by atoms with van der Waals surface area (Å²) in [6.45, 7) is 12.0. The standard InChI is InChI=1S/C22H21N5O2.C2H6/c1-4-6-15(5-2)13-25-22-26-14-16-11-17(7-8-19(16)27-22)29-18-9-10-24-20(12-18)21(28)23-3;1-2/h4-12,14H,1-2,13H2,3H3,(H,23,28)(H,25,26,27);1-2H3/b15-6+;. The third-order valence-corrected chi connectivity index (χ3v) is 4.02. The lowest BCUT2D eigenvalue weighted by Gasteiger charge is -2.09. The Morgan fingerprint density at radius 1 is 1.13 bits per heavy atom. The molecular formula is C24H27N5O2. The minimum Gasteiger partial charge on any atom is -0.457 e. The zero-order valence-electron chi connectivity index (χ0n) is 18.1. The molecule has 2 N–H and O–H groups in total. The molecule has 0 saturated heterocycles. The molecule has 2 heterocycles. The van der Waals surface area contributed by atoms with E-state index >= 15 is 0 Å². The Morgan fingerprint density at radius 2 is 1.90 bits per heavy atom. The number of nitrogens with one attached hydrogen (secondary N) is 2. The summed E-state index contributed by atoms with van der Waals surface area (Å²) in [6, 6.07) is 8.78. The van der Waals surface area contributed by atoms with Gasteiger partial charge in [-0.15, -0.1) is 0 Å². The third kappa shape index (κ3) is 6.50. The molecular weight excluding hydrogens is 390 g/mol. The maximum Gasteiger partial charge on any atom is 0.269 e. The van der Waals surface area contributed by atoms with Crippen LogP contribution in [0.3, 0.4) is 0 Å². The van der Waals surface area contributed by atoms with Crippen molar-refractivity contribution in [3.8, 4) is 11.5 Å². The molecule has 7 nitrogen and oxygen atoms in total. The number of carbonyl (C=O) groups excluding carboxylic acids is 1. The smallest absolute Gasteiger partial charge is 0.269 e. The van der Waals surface area contributed by atoms with Gasteiger partial charge in [0, 0.05) is 37.4 Å². The van der Waals surface area contributed by atoms with Crippen molar-refractivity contribution in [2.45, 2.75) is 13.8 Å². The fourth-order valence-electron chi connectivity index (χ4n) is 2.55. The quantitative estimate of drug-likeness (QED) is 0.506. The lowest BCUT2D eigenvalue weighted by Crippen LogP contribution is -2.18. The minimum absolute atomic E-state index is 0.273. The van der Waals surface area contributed by atoms with E-state index < -0.39 is 0 Å².